The van der Waals surface area contributed by atoms with E-state index in [9.17, 15) is 14.4 Å². The second-order valence-corrected chi connectivity index (χ2v) is 7.64. The Hall–Kier alpha value is -3.26. The van der Waals surface area contributed by atoms with Crippen LogP contribution in [0.15, 0.2) is 41.3 Å². The molecule has 0 saturated carbocycles. The van der Waals surface area contributed by atoms with Gasteiger partial charge in [-0.2, -0.15) is 0 Å². The van der Waals surface area contributed by atoms with E-state index in [2.05, 4.69) is 10.6 Å². The maximum Gasteiger partial charge on any atom is 0.290 e. The number of amides is 3. The van der Waals surface area contributed by atoms with Crippen molar-refractivity contribution < 1.29 is 23.9 Å². The maximum absolute atomic E-state index is 12.2. The second kappa shape index (κ2) is 9.49. The van der Waals surface area contributed by atoms with E-state index in [1.54, 1.807) is 24.3 Å². The average molecular weight is 426 g/mol. The number of imide groups is 1. The minimum atomic E-state index is -0.425. The van der Waals surface area contributed by atoms with Gasteiger partial charge in [-0.1, -0.05) is 12.1 Å². The lowest BCUT2D eigenvalue weighted by Gasteiger charge is -2.13. The molecule has 2 aromatic rings. The molecule has 0 atom stereocenters. The van der Waals surface area contributed by atoms with E-state index < -0.39 is 11.1 Å². The van der Waals surface area contributed by atoms with Crippen molar-refractivity contribution in [2.24, 2.45) is 0 Å². The van der Waals surface area contributed by atoms with E-state index in [0.717, 1.165) is 22.9 Å². The van der Waals surface area contributed by atoms with Gasteiger partial charge in [0.05, 0.1) is 11.5 Å². The minimum Gasteiger partial charge on any atom is -0.490 e. The molecule has 2 aromatic carbocycles. The number of benzene rings is 2. The first kappa shape index (κ1) is 21.4. The molecule has 1 saturated heterocycles. The van der Waals surface area contributed by atoms with Crippen molar-refractivity contribution in [3.05, 3.63) is 58.0 Å². The Morgan fingerprint density at radius 3 is 2.53 bits per heavy atom. The molecule has 0 bridgehead atoms. The monoisotopic (exact) mass is 426 g/mol. The van der Waals surface area contributed by atoms with Crippen LogP contribution in [-0.4, -0.2) is 30.3 Å². The zero-order valence-electron chi connectivity index (χ0n) is 16.9. The van der Waals surface area contributed by atoms with Crippen molar-refractivity contribution in [2.45, 2.75) is 20.8 Å². The number of hydrogen-bond donors (Lipinski definition) is 2. The summed E-state index contributed by atoms with van der Waals surface area (Å²) in [6, 6.07) is 10.8. The lowest BCUT2D eigenvalue weighted by Crippen LogP contribution is -2.20. The predicted molar refractivity (Wildman–Crippen MR) is 117 cm³/mol. The fourth-order valence-corrected chi connectivity index (χ4v) is 3.42. The molecular formula is C22H22N2O5S. The summed E-state index contributed by atoms with van der Waals surface area (Å²) in [6.07, 6.45) is 1.60. The Morgan fingerprint density at radius 1 is 1.07 bits per heavy atom. The molecule has 3 rings (SSSR count). The molecule has 0 spiro atoms. The van der Waals surface area contributed by atoms with E-state index in [1.165, 1.54) is 0 Å². The van der Waals surface area contributed by atoms with Crippen LogP contribution in [0.2, 0.25) is 0 Å². The molecule has 30 heavy (non-hydrogen) atoms. The summed E-state index contributed by atoms with van der Waals surface area (Å²) >= 11 is 0.845. The highest BCUT2D eigenvalue weighted by molar-refractivity contribution is 8.18. The van der Waals surface area contributed by atoms with E-state index in [-0.39, 0.29) is 12.5 Å². The van der Waals surface area contributed by atoms with Gasteiger partial charge in [0.15, 0.2) is 18.1 Å². The van der Waals surface area contributed by atoms with Crippen LogP contribution in [0.25, 0.3) is 6.08 Å². The molecule has 0 aromatic heterocycles. The zero-order valence-corrected chi connectivity index (χ0v) is 17.7. The van der Waals surface area contributed by atoms with Crippen molar-refractivity contribution in [3.8, 4) is 11.5 Å². The number of aryl methyl sites for hydroxylation is 2. The first-order valence-electron chi connectivity index (χ1n) is 9.37. The number of hydrogen-bond acceptors (Lipinski definition) is 6. The highest BCUT2D eigenvalue weighted by atomic mass is 32.2. The number of ether oxygens (including phenoxy) is 2. The van der Waals surface area contributed by atoms with Crippen LogP contribution in [0.1, 0.15) is 23.6 Å². The van der Waals surface area contributed by atoms with Crippen LogP contribution in [0.3, 0.4) is 0 Å². The third-order valence-corrected chi connectivity index (χ3v) is 5.17. The summed E-state index contributed by atoms with van der Waals surface area (Å²) < 4.78 is 11.3. The highest BCUT2D eigenvalue weighted by Crippen LogP contribution is 2.31. The van der Waals surface area contributed by atoms with Gasteiger partial charge in [0, 0.05) is 5.69 Å². The molecule has 1 aliphatic heterocycles. The number of thioether (sulfide) groups is 1. The first-order chi connectivity index (χ1) is 14.4. The Balaban J connectivity index is 1.68. The van der Waals surface area contributed by atoms with Gasteiger partial charge in [0.1, 0.15) is 0 Å². The third kappa shape index (κ3) is 5.42. The normalized spacial score (nSPS) is 14.6. The molecule has 1 fully saturated rings. The lowest BCUT2D eigenvalue weighted by atomic mass is 10.1. The van der Waals surface area contributed by atoms with E-state index in [4.69, 9.17) is 9.47 Å². The fraction of sp³-hybridized carbons (Fsp3) is 0.227. The Kier molecular flexibility index (Phi) is 6.79. The second-order valence-electron chi connectivity index (χ2n) is 6.63. The van der Waals surface area contributed by atoms with E-state index in [0.29, 0.717) is 34.3 Å². The van der Waals surface area contributed by atoms with Gasteiger partial charge in [0.2, 0.25) is 0 Å². The van der Waals surface area contributed by atoms with Gasteiger partial charge in [-0.05, 0) is 79.6 Å². The SMILES string of the molecule is CCOc1cc(/C=C2\SC(=O)NC2=O)ccc1OCC(=O)Nc1ccc(C)c(C)c1. The first-order valence-corrected chi connectivity index (χ1v) is 10.2. The van der Waals surface area contributed by atoms with Crippen LogP contribution >= 0.6 is 11.8 Å². The summed E-state index contributed by atoms with van der Waals surface area (Å²) in [5, 5.41) is 4.62. The number of rotatable bonds is 7. The Bertz CT molecular complexity index is 1030. The highest BCUT2D eigenvalue weighted by Gasteiger charge is 2.25. The Labute approximate surface area is 178 Å². The molecule has 1 aliphatic rings. The predicted octanol–water partition coefficient (Wildman–Crippen LogP) is 4.04. The quantitative estimate of drug-likeness (QED) is 0.649. The molecule has 7 nitrogen and oxygen atoms in total. The average Bonchev–Trinajstić information content (AvgIpc) is 3.01. The summed E-state index contributed by atoms with van der Waals surface area (Å²) in [7, 11) is 0. The van der Waals surface area contributed by atoms with Crippen LogP contribution in [0.4, 0.5) is 10.5 Å². The lowest BCUT2D eigenvalue weighted by molar-refractivity contribution is -0.118. The molecule has 2 N–H and O–H groups in total. The zero-order chi connectivity index (χ0) is 21.7. The van der Waals surface area contributed by atoms with Gasteiger partial charge in [-0.15, -0.1) is 0 Å². The van der Waals surface area contributed by atoms with Gasteiger partial charge in [0.25, 0.3) is 17.1 Å². The largest absolute Gasteiger partial charge is 0.490 e. The number of carbonyl (C=O) groups is 3. The number of nitrogens with one attached hydrogen (secondary N) is 2. The summed E-state index contributed by atoms with van der Waals surface area (Å²) in [5.41, 5.74) is 3.63. The maximum atomic E-state index is 12.2. The smallest absolute Gasteiger partial charge is 0.290 e. The van der Waals surface area contributed by atoms with Crippen molar-refractivity contribution in [3.63, 3.8) is 0 Å². The molecule has 3 amide bonds. The fourth-order valence-electron chi connectivity index (χ4n) is 2.73. The topological polar surface area (TPSA) is 93.7 Å². The molecule has 1 heterocycles. The van der Waals surface area contributed by atoms with E-state index in [1.807, 2.05) is 39.0 Å². The minimum absolute atomic E-state index is 0.180. The van der Waals surface area contributed by atoms with Crippen LogP contribution < -0.4 is 20.1 Å². The van der Waals surface area contributed by atoms with Gasteiger partial charge in [-0.25, -0.2) is 0 Å². The van der Waals surface area contributed by atoms with Gasteiger partial charge < -0.3 is 14.8 Å². The third-order valence-electron chi connectivity index (χ3n) is 4.36. The molecule has 0 aliphatic carbocycles. The molecule has 8 heteroatoms. The molecule has 0 unspecified atom stereocenters. The number of carbonyl (C=O) groups excluding carboxylic acids is 3. The van der Waals surface area contributed by atoms with Crippen LogP contribution in [0, 0.1) is 13.8 Å². The van der Waals surface area contributed by atoms with Gasteiger partial charge >= 0.3 is 0 Å². The van der Waals surface area contributed by atoms with Crippen molar-refractivity contribution in [2.75, 3.05) is 18.5 Å². The van der Waals surface area contributed by atoms with E-state index >= 15 is 0 Å². The summed E-state index contributed by atoms with van der Waals surface area (Å²) in [6.45, 7) is 6.05. The van der Waals surface area contributed by atoms with Crippen molar-refractivity contribution in [1.82, 2.24) is 5.32 Å². The van der Waals surface area contributed by atoms with Crippen molar-refractivity contribution in [1.29, 1.82) is 0 Å². The molecular weight excluding hydrogens is 404 g/mol. The van der Waals surface area contributed by atoms with Crippen LogP contribution in [0.5, 0.6) is 11.5 Å². The summed E-state index contributed by atoms with van der Waals surface area (Å²) in [5.74, 6) is 0.144. The van der Waals surface area contributed by atoms with Gasteiger partial charge in [-0.3, -0.25) is 19.7 Å². The Morgan fingerprint density at radius 2 is 1.87 bits per heavy atom. The molecule has 0 radical (unpaired) electrons. The number of anilines is 1. The van der Waals surface area contributed by atoms with Crippen molar-refractivity contribution >= 4 is 40.6 Å². The summed E-state index contributed by atoms with van der Waals surface area (Å²) in [4.78, 5) is 35.6. The molecule has 156 valence electrons. The standard InChI is InChI=1S/C22H22N2O5S/c1-4-28-18-10-15(11-19-21(26)24-22(27)30-19)6-8-17(18)29-12-20(25)23-16-7-5-13(2)14(3)9-16/h5-11H,4,12H2,1-3H3,(H,23,25)(H,24,26,27)/b19-11-. The van der Waals surface area contributed by atoms with Crippen LogP contribution in [-0.2, 0) is 9.59 Å².